The van der Waals surface area contributed by atoms with Crippen LogP contribution in [0.2, 0.25) is 0 Å². The molecule has 0 saturated carbocycles. The first-order valence-corrected chi connectivity index (χ1v) is 4.30. The Balaban J connectivity index is 2.13. The predicted octanol–water partition coefficient (Wildman–Crippen LogP) is -1.01. The third-order valence-corrected chi connectivity index (χ3v) is 2.15. The minimum atomic E-state index is -0.968. The summed E-state index contributed by atoms with van der Waals surface area (Å²) in [4.78, 5) is 10.8. The Labute approximate surface area is 77.4 Å². The van der Waals surface area contributed by atoms with Crippen LogP contribution >= 0.6 is 0 Å². The van der Waals surface area contributed by atoms with Gasteiger partial charge in [-0.1, -0.05) is 0 Å². The van der Waals surface area contributed by atoms with Gasteiger partial charge in [0.2, 0.25) is 5.91 Å². The van der Waals surface area contributed by atoms with E-state index in [0.717, 1.165) is 0 Å². The van der Waals surface area contributed by atoms with Gasteiger partial charge in [0.1, 0.15) is 6.10 Å². The van der Waals surface area contributed by atoms with Crippen LogP contribution in [0.1, 0.15) is 13.3 Å². The van der Waals surface area contributed by atoms with Gasteiger partial charge < -0.3 is 20.9 Å². The molecule has 0 aromatic heterocycles. The van der Waals surface area contributed by atoms with Crippen molar-refractivity contribution < 1.29 is 14.3 Å². The number of carbonyl (C=O) groups is 1. The molecule has 0 aromatic carbocycles. The standard InChI is InChI=1S/C8H16N2O3/c1-8(10,7(9)11)2-3-13-6-4-12-5-6/h6H,2-5,10H2,1H3,(H2,9,11). The molecular formula is C8H16N2O3. The summed E-state index contributed by atoms with van der Waals surface area (Å²) >= 11 is 0. The van der Waals surface area contributed by atoms with Crippen molar-refractivity contribution in [3.63, 3.8) is 0 Å². The van der Waals surface area contributed by atoms with Crippen molar-refractivity contribution in [1.29, 1.82) is 0 Å². The fourth-order valence-electron chi connectivity index (χ4n) is 0.871. The minimum absolute atomic E-state index is 0.170. The number of hydrogen-bond acceptors (Lipinski definition) is 4. The van der Waals surface area contributed by atoms with E-state index in [1.807, 2.05) is 0 Å². The lowest BCUT2D eigenvalue weighted by molar-refractivity contribution is -0.135. The first-order chi connectivity index (χ1) is 6.02. The third kappa shape index (κ3) is 2.95. The quantitative estimate of drug-likeness (QED) is 0.579. The molecule has 1 atom stereocenters. The number of primary amides is 1. The maximum Gasteiger partial charge on any atom is 0.237 e. The van der Waals surface area contributed by atoms with Crippen molar-refractivity contribution in [1.82, 2.24) is 0 Å². The molecule has 5 nitrogen and oxygen atoms in total. The van der Waals surface area contributed by atoms with Crippen LogP contribution in [0.25, 0.3) is 0 Å². The Bertz CT molecular complexity index is 190. The molecule has 0 aromatic rings. The van der Waals surface area contributed by atoms with E-state index < -0.39 is 11.4 Å². The summed E-state index contributed by atoms with van der Waals surface area (Å²) in [6.07, 6.45) is 0.613. The van der Waals surface area contributed by atoms with Gasteiger partial charge in [-0.15, -0.1) is 0 Å². The van der Waals surface area contributed by atoms with Crippen LogP contribution in [-0.4, -0.2) is 37.4 Å². The molecule has 4 N–H and O–H groups in total. The molecule has 0 radical (unpaired) electrons. The highest BCUT2D eigenvalue weighted by atomic mass is 16.6. The van der Waals surface area contributed by atoms with Crippen molar-refractivity contribution in [2.45, 2.75) is 25.0 Å². The summed E-state index contributed by atoms with van der Waals surface area (Å²) in [5, 5.41) is 0. The molecule has 1 fully saturated rings. The summed E-state index contributed by atoms with van der Waals surface area (Å²) in [5.74, 6) is -0.499. The van der Waals surface area contributed by atoms with Crippen LogP contribution in [0, 0.1) is 0 Å². The van der Waals surface area contributed by atoms with E-state index in [9.17, 15) is 4.79 Å². The second-order valence-electron chi connectivity index (χ2n) is 3.56. The smallest absolute Gasteiger partial charge is 0.237 e. The van der Waals surface area contributed by atoms with Gasteiger partial charge in [0.15, 0.2) is 0 Å². The number of ether oxygens (including phenoxy) is 2. The van der Waals surface area contributed by atoms with Gasteiger partial charge in [0.25, 0.3) is 0 Å². The van der Waals surface area contributed by atoms with Crippen LogP contribution in [0.3, 0.4) is 0 Å². The van der Waals surface area contributed by atoms with Gasteiger partial charge >= 0.3 is 0 Å². The molecule has 76 valence electrons. The topological polar surface area (TPSA) is 87.6 Å². The van der Waals surface area contributed by atoms with E-state index in [4.69, 9.17) is 20.9 Å². The summed E-state index contributed by atoms with van der Waals surface area (Å²) in [5.41, 5.74) is 9.74. The minimum Gasteiger partial charge on any atom is -0.376 e. The Morgan fingerprint density at radius 2 is 2.31 bits per heavy atom. The summed E-state index contributed by atoms with van der Waals surface area (Å²) in [6.45, 7) is 3.33. The highest BCUT2D eigenvalue weighted by molar-refractivity contribution is 5.83. The average Bonchev–Trinajstić information content (AvgIpc) is 1.94. The third-order valence-electron chi connectivity index (χ3n) is 2.15. The van der Waals surface area contributed by atoms with Crippen molar-refractivity contribution in [2.75, 3.05) is 19.8 Å². The molecule has 5 heteroatoms. The summed E-state index contributed by atoms with van der Waals surface area (Å²) < 4.78 is 10.3. The van der Waals surface area contributed by atoms with Crippen LogP contribution in [0.5, 0.6) is 0 Å². The van der Waals surface area contributed by atoms with E-state index in [0.29, 0.717) is 26.2 Å². The van der Waals surface area contributed by atoms with Crippen molar-refractivity contribution in [3.8, 4) is 0 Å². The second kappa shape index (κ2) is 4.04. The van der Waals surface area contributed by atoms with Crippen LogP contribution in [0.15, 0.2) is 0 Å². The van der Waals surface area contributed by atoms with Crippen LogP contribution in [0.4, 0.5) is 0 Å². The monoisotopic (exact) mass is 188 g/mol. The zero-order valence-corrected chi connectivity index (χ0v) is 7.79. The van der Waals surface area contributed by atoms with Gasteiger partial charge in [0, 0.05) is 6.61 Å². The van der Waals surface area contributed by atoms with Crippen LogP contribution < -0.4 is 11.5 Å². The SMILES string of the molecule is CC(N)(CCOC1COC1)C(N)=O. The summed E-state index contributed by atoms with van der Waals surface area (Å²) in [7, 11) is 0. The number of hydrogen-bond donors (Lipinski definition) is 2. The zero-order chi connectivity index (χ0) is 9.90. The molecule has 1 heterocycles. The highest BCUT2D eigenvalue weighted by Crippen LogP contribution is 2.09. The molecule has 0 bridgehead atoms. The molecule has 1 rings (SSSR count). The fourth-order valence-corrected chi connectivity index (χ4v) is 0.871. The van der Waals surface area contributed by atoms with E-state index in [2.05, 4.69) is 0 Å². The Hall–Kier alpha value is -0.650. The number of nitrogens with two attached hydrogens (primary N) is 2. The lowest BCUT2D eigenvalue weighted by Gasteiger charge is -2.28. The second-order valence-corrected chi connectivity index (χ2v) is 3.56. The Morgan fingerprint density at radius 1 is 1.69 bits per heavy atom. The largest absolute Gasteiger partial charge is 0.376 e. The normalized spacial score (nSPS) is 22.0. The molecule has 1 unspecified atom stereocenters. The van der Waals surface area contributed by atoms with E-state index in [-0.39, 0.29) is 6.10 Å². The highest BCUT2D eigenvalue weighted by Gasteiger charge is 2.26. The summed E-state index contributed by atoms with van der Waals surface area (Å²) in [6, 6.07) is 0. The van der Waals surface area contributed by atoms with E-state index in [1.54, 1.807) is 6.92 Å². The molecular weight excluding hydrogens is 172 g/mol. The fraction of sp³-hybridized carbons (Fsp3) is 0.875. The molecule has 13 heavy (non-hydrogen) atoms. The van der Waals surface area contributed by atoms with E-state index >= 15 is 0 Å². The first kappa shape index (κ1) is 10.4. The van der Waals surface area contributed by atoms with Crippen molar-refractivity contribution in [3.05, 3.63) is 0 Å². The molecule has 1 amide bonds. The van der Waals surface area contributed by atoms with Crippen molar-refractivity contribution in [2.24, 2.45) is 11.5 Å². The van der Waals surface area contributed by atoms with Gasteiger partial charge in [-0.3, -0.25) is 4.79 Å². The van der Waals surface area contributed by atoms with Crippen LogP contribution in [-0.2, 0) is 14.3 Å². The Morgan fingerprint density at radius 3 is 2.69 bits per heavy atom. The molecule has 0 aliphatic carbocycles. The number of carbonyl (C=O) groups excluding carboxylic acids is 1. The lowest BCUT2D eigenvalue weighted by atomic mass is 9.99. The van der Waals surface area contributed by atoms with Gasteiger partial charge in [0.05, 0.1) is 18.8 Å². The van der Waals surface area contributed by atoms with Gasteiger partial charge in [-0.05, 0) is 13.3 Å². The Kier molecular flexibility index (Phi) is 3.24. The predicted molar refractivity (Wildman–Crippen MR) is 47.0 cm³/mol. The molecule has 1 saturated heterocycles. The van der Waals surface area contributed by atoms with Gasteiger partial charge in [-0.25, -0.2) is 0 Å². The lowest BCUT2D eigenvalue weighted by Crippen LogP contribution is -2.50. The maximum absolute atomic E-state index is 10.8. The number of rotatable bonds is 5. The first-order valence-electron chi connectivity index (χ1n) is 4.30. The molecule has 1 aliphatic rings. The zero-order valence-electron chi connectivity index (χ0n) is 7.79. The molecule has 1 aliphatic heterocycles. The number of amides is 1. The maximum atomic E-state index is 10.8. The van der Waals surface area contributed by atoms with E-state index in [1.165, 1.54) is 0 Å². The average molecular weight is 188 g/mol. The van der Waals surface area contributed by atoms with Gasteiger partial charge in [-0.2, -0.15) is 0 Å². The molecule has 0 spiro atoms. The van der Waals surface area contributed by atoms with Crippen molar-refractivity contribution >= 4 is 5.91 Å².